The van der Waals surface area contributed by atoms with Gasteiger partial charge in [-0.05, 0) is 6.92 Å². The zero-order chi connectivity index (χ0) is 11.4. The summed E-state index contributed by atoms with van der Waals surface area (Å²) in [6.07, 6.45) is 0. The first-order valence-electron chi connectivity index (χ1n) is 5.78. The molecular weight excluding hydrogens is 236 g/mol. The minimum atomic E-state index is 0. The Morgan fingerprint density at radius 2 is 1.82 bits per heavy atom. The number of nitrogens with zero attached hydrogens (tertiary/aromatic N) is 1. The third kappa shape index (κ3) is 4.11. The highest BCUT2D eigenvalue weighted by molar-refractivity contribution is 5.97. The highest BCUT2D eigenvalue weighted by Gasteiger charge is 2.14. The second kappa shape index (κ2) is 6.74. The van der Waals surface area contributed by atoms with Crippen LogP contribution in [0.15, 0.2) is 24.3 Å². The van der Waals surface area contributed by atoms with Crippen LogP contribution in [0.3, 0.4) is 0 Å². The van der Waals surface area contributed by atoms with Crippen molar-refractivity contribution in [1.82, 2.24) is 10.2 Å². The standard InChI is InChI=1S/C13H18N2O.ClH/c1-11-2-4-12(5-3-11)13(16)10-15-8-6-14-7-9-15;/h2-5,14H,6-10H2,1H3;1H. The molecule has 17 heavy (non-hydrogen) atoms. The maximum absolute atomic E-state index is 12.0. The molecule has 0 aliphatic carbocycles. The number of piperazine rings is 1. The molecule has 94 valence electrons. The van der Waals surface area contributed by atoms with E-state index in [1.54, 1.807) is 0 Å². The van der Waals surface area contributed by atoms with E-state index in [-0.39, 0.29) is 18.2 Å². The van der Waals surface area contributed by atoms with Gasteiger partial charge in [-0.2, -0.15) is 0 Å². The Morgan fingerprint density at radius 3 is 2.41 bits per heavy atom. The van der Waals surface area contributed by atoms with E-state index in [4.69, 9.17) is 0 Å². The lowest BCUT2D eigenvalue weighted by molar-refractivity contribution is 0.0921. The van der Waals surface area contributed by atoms with Gasteiger partial charge < -0.3 is 5.32 Å². The van der Waals surface area contributed by atoms with Crippen molar-refractivity contribution >= 4 is 18.2 Å². The monoisotopic (exact) mass is 254 g/mol. The molecule has 0 radical (unpaired) electrons. The van der Waals surface area contributed by atoms with Crippen LogP contribution in [0.5, 0.6) is 0 Å². The Bertz CT molecular complexity index is 358. The van der Waals surface area contributed by atoms with Crippen molar-refractivity contribution < 1.29 is 4.79 Å². The van der Waals surface area contributed by atoms with Gasteiger partial charge in [-0.15, -0.1) is 12.4 Å². The van der Waals surface area contributed by atoms with Gasteiger partial charge in [0.2, 0.25) is 0 Å². The fourth-order valence-corrected chi connectivity index (χ4v) is 1.90. The number of ketones is 1. The number of nitrogens with one attached hydrogen (secondary N) is 1. The summed E-state index contributed by atoms with van der Waals surface area (Å²) in [7, 11) is 0. The predicted octanol–water partition coefficient (Wildman–Crippen LogP) is 1.50. The lowest BCUT2D eigenvalue weighted by Crippen LogP contribution is -2.45. The average molecular weight is 255 g/mol. The zero-order valence-electron chi connectivity index (χ0n) is 10.1. The van der Waals surface area contributed by atoms with E-state index in [1.165, 1.54) is 5.56 Å². The van der Waals surface area contributed by atoms with Crippen LogP contribution in [-0.2, 0) is 0 Å². The number of hydrogen-bond acceptors (Lipinski definition) is 3. The van der Waals surface area contributed by atoms with Crippen LogP contribution < -0.4 is 5.32 Å². The summed E-state index contributed by atoms with van der Waals surface area (Å²) < 4.78 is 0. The molecule has 0 saturated carbocycles. The molecule has 4 heteroatoms. The van der Waals surface area contributed by atoms with Gasteiger partial charge in [-0.25, -0.2) is 0 Å². The van der Waals surface area contributed by atoms with Crippen LogP contribution in [0.4, 0.5) is 0 Å². The zero-order valence-corrected chi connectivity index (χ0v) is 10.9. The first-order valence-corrected chi connectivity index (χ1v) is 5.78. The summed E-state index contributed by atoms with van der Waals surface area (Å²) in [5.41, 5.74) is 2.02. The van der Waals surface area contributed by atoms with E-state index in [0.717, 1.165) is 31.7 Å². The van der Waals surface area contributed by atoms with Gasteiger partial charge in [0.05, 0.1) is 6.54 Å². The van der Waals surface area contributed by atoms with E-state index in [9.17, 15) is 4.79 Å². The Morgan fingerprint density at radius 1 is 1.24 bits per heavy atom. The van der Waals surface area contributed by atoms with Crippen LogP contribution in [0.2, 0.25) is 0 Å². The topological polar surface area (TPSA) is 32.3 Å². The second-order valence-corrected chi connectivity index (χ2v) is 4.32. The van der Waals surface area contributed by atoms with Gasteiger partial charge in [-0.1, -0.05) is 29.8 Å². The molecule has 1 heterocycles. The van der Waals surface area contributed by atoms with Crippen LogP contribution in [0.25, 0.3) is 0 Å². The summed E-state index contributed by atoms with van der Waals surface area (Å²) in [6.45, 7) is 6.49. The number of benzene rings is 1. The molecule has 1 aromatic rings. The van der Waals surface area contributed by atoms with E-state index in [2.05, 4.69) is 10.2 Å². The number of carbonyl (C=O) groups excluding carboxylic acids is 1. The Balaban J connectivity index is 0.00000144. The molecule has 0 amide bonds. The molecule has 1 saturated heterocycles. The smallest absolute Gasteiger partial charge is 0.176 e. The third-order valence-corrected chi connectivity index (χ3v) is 2.95. The molecule has 1 aliphatic heterocycles. The average Bonchev–Trinajstić information content (AvgIpc) is 2.31. The Hall–Kier alpha value is -0.900. The Labute approximate surface area is 109 Å². The number of carbonyl (C=O) groups is 1. The van der Waals surface area contributed by atoms with Crippen molar-refractivity contribution in [3.63, 3.8) is 0 Å². The number of aryl methyl sites for hydroxylation is 1. The summed E-state index contributed by atoms with van der Waals surface area (Å²) in [5.74, 6) is 0.224. The summed E-state index contributed by atoms with van der Waals surface area (Å²) in [4.78, 5) is 14.2. The maximum Gasteiger partial charge on any atom is 0.176 e. The van der Waals surface area contributed by atoms with Gasteiger partial charge in [-0.3, -0.25) is 9.69 Å². The highest BCUT2D eigenvalue weighted by Crippen LogP contribution is 2.05. The van der Waals surface area contributed by atoms with Crippen molar-refractivity contribution in [3.05, 3.63) is 35.4 Å². The summed E-state index contributed by atoms with van der Waals surface area (Å²) in [5, 5.41) is 3.28. The van der Waals surface area contributed by atoms with Crippen LogP contribution in [-0.4, -0.2) is 43.4 Å². The van der Waals surface area contributed by atoms with Crippen LogP contribution >= 0.6 is 12.4 Å². The minimum absolute atomic E-state index is 0. The largest absolute Gasteiger partial charge is 0.314 e. The van der Waals surface area contributed by atoms with E-state index in [0.29, 0.717) is 6.54 Å². The normalized spacial score (nSPS) is 16.3. The van der Waals surface area contributed by atoms with Crippen LogP contribution in [0.1, 0.15) is 15.9 Å². The number of hydrogen-bond donors (Lipinski definition) is 1. The molecule has 0 spiro atoms. The van der Waals surface area contributed by atoms with E-state index >= 15 is 0 Å². The van der Waals surface area contributed by atoms with Gasteiger partial charge in [0.25, 0.3) is 0 Å². The molecule has 1 N–H and O–H groups in total. The van der Waals surface area contributed by atoms with Crippen molar-refractivity contribution in [2.45, 2.75) is 6.92 Å². The van der Waals surface area contributed by atoms with Gasteiger partial charge in [0.1, 0.15) is 0 Å². The van der Waals surface area contributed by atoms with Crippen molar-refractivity contribution in [3.8, 4) is 0 Å². The number of Topliss-reactive ketones (excluding diaryl/α,β-unsaturated/α-hetero) is 1. The highest BCUT2D eigenvalue weighted by atomic mass is 35.5. The lowest BCUT2D eigenvalue weighted by Gasteiger charge is -2.26. The van der Waals surface area contributed by atoms with Gasteiger partial charge >= 0.3 is 0 Å². The minimum Gasteiger partial charge on any atom is -0.314 e. The first-order chi connectivity index (χ1) is 7.75. The van der Waals surface area contributed by atoms with Crippen LogP contribution in [0, 0.1) is 6.92 Å². The molecular formula is C13H19ClN2O. The molecule has 2 rings (SSSR count). The van der Waals surface area contributed by atoms with Gasteiger partial charge in [0, 0.05) is 31.7 Å². The first kappa shape index (κ1) is 14.2. The van der Waals surface area contributed by atoms with Crippen molar-refractivity contribution in [1.29, 1.82) is 0 Å². The quantitative estimate of drug-likeness (QED) is 0.830. The van der Waals surface area contributed by atoms with E-state index < -0.39 is 0 Å². The Kier molecular flexibility index (Phi) is 5.62. The summed E-state index contributed by atoms with van der Waals surface area (Å²) >= 11 is 0. The van der Waals surface area contributed by atoms with E-state index in [1.807, 2.05) is 31.2 Å². The maximum atomic E-state index is 12.0. The SMILES string of the molecule is Cc1ccc(C(=O)CN2CCNCC2)cc1.Cl. The molecule has 0 bridgehead atoms. The number of rotatable bonds is 3. The second-order valence-electron chi connectivity index (χ2n) is 4.32. The fourth-order valence-electron chi connectivity index (χ4n) is 1.90. The van der Waals surface area contributed by atoms with Crippen molar-refractivity contribution in [2.24, 2.45) is 0 Å². The molecule has 0 unspecified atom stereocenters. The molecule has 3 nitrogen and oxygen atoms in total. The summed E-state index contributed by atoms with van der Waals surface area (Å²) in [6, 6.07) is 7.82. The number of halogens is 1. The fraction of sp³-hybridized carbons (Fsp3) is 0.462. The lowest BCUT2D eigenvalue weighted by atomic mass is 10.1. The third-order valence-electron chi connectivity index (χ3n) is 2.95. The predicted molar refractivity (Wildman–Crippen MR) is 72.1 cm³/mol. The van der Waals surface area contributed by atoms with Crippen molar-refractivity contribution in [2.75, 3.05) is 32.7 Å². The molecule has 0 atom stereocenters. The molecule has 1 aliphatic rings. The molecule has 1 fully saturated rings. The van der Waals surface area contributed by atoms with Gasteiger partial charge in [0.15, 0.2) is 5.78 Å². The molecule has 1 aromatic carbocycles. The molecule has 0 aromatic heterocycles.